The Morgan fingerprint density at radius 2 is 2.17 bits per heavy atom. The average molecular weight is 249 g/mol. The zero-order valence-electron chi connectivity index (χ0n) is 9.29. The summed E-state index contributed by atoms with van der Waals surface area (Å²) in [5.41, 5.74) is 3.44. The first-order valence-electron chi connectivity index (χ1n) is 5.09. The number of anilines is 2. The van der Waals surface area contributed by atoms with Gasteiger partial charge in [-0.05, 0) is 12.1 Å². The molecule has 0 bridgehead atoms. The summed E-state index contributed by atoms with van der Waals surface area (Å²) in [6.45, 7) is 0.325. The molecule has 94 valence electrons. The topological polar surface area (TPSA) is 119 Å². The standard InChI is InChI=1S/C10H11N5O3/c11-13-9-3-1-2-8(10(9)15(16)17)12-6-7-4-5-18-14-7/h1-5,12-13H,6,11H2. The van der Waals surface area contributed by atoms with E-state index in [1.165, 1.54) is 12.3 Å². The lowest BCUT2D eigenvalue weighted by atomic mass is 10.2. The minimum absolute atomic E-state index is 0.108. The summed E-state index contributed by atoms with van der Waals surface area (Å²) >= 11 is 0. The molecule has 0 aliphatic heterocycles. The van der Waals surface area contributed by atoms with Crippen molar-refractivity contribution >= 4 is 17.1 Å². The Hall–Kier alpha value is -2.61. The molecular weight excluding hydrogens is 238 g/mol. The molecule has 8 nitrogen and oxygen atoms in total. The van der Waals surface area contributed by atoms with Gasteiger partial charge in [0.25, 0.3) is 0 Å². The molecule has 18 heavy (non-hydrogen) atoms. The first-order valence-corrected chi connectivity index (χ1v) is 5.09. The van der Waals surface area contributed by atoms with Crippen LogP contribution in [-0.2, 0) is 6.54 Å². The molecular formula is C10H11N5O3. The Kier molecular flexibility index (Phi) is 3.39. The number of hydrogen-bond acceptors (Lipinski definition) is 7. The van der Waals surface area contributed by atoms with Crippen LogP contribution >= 0.6 is 0 Å². The molecule has 1 aromatic heterocycles. The quantitative estimate of drug-likeness (QED) is 0.417. The number of hydrazine groups is 1. The highest BCUT2D eigenvalue weighted by molar-refractivity contribution is 5.75. The number of hydrogen-bond donors (Lipinski definition) is 3. The fourth-order valence-corrected chi connectivity index (χ4v) is 1.51. The predicted octanol–water partition coefficient (Wildman–Crippen LogP) is 1.48. The number of nitrogens with zero attached hydrogens (tertiary/aromatic N) is 2. The summed E-state index contributed by atoms with van der Waals surface area (Å²) in [7, 11) is 0. The van der Waals surface area contributed by atoms with E-state index in [-0.39, 0.29) is 11.4 Å². The summed E-state index contributed by atoms with van der Waals surface area (Å²) in [6, 6.07) is 6.45. The largest absolute Gasteiger partial charge is 0.374 e. The molecule has 2 rings (SSSR count). The number of para-hydroxylation sites is 1. The lowest BCUT2D eigenvalue weighted by molar-refractivity contribution is -0.383. The molecule has 0 radical (unpaired) electrons. The summed E-state index contributed by atoms with van der Waals surface area (Å²) in [6.07, 6.45) is 1.43. The summed E-state index contributed by atoms with van der Waals surface area (Å²) in [4.78, 5) is 10.5. The van der Waals surface area contributed by atoms with E-state index in [0.29, 0.717) is 17.9 Å². The molecule has 1 heterocycles. The van der Waals surface area contributed by atoms with Crippen molar-refractivity contribution in [1.82, 2.24) is 5.16 Å². The lowest BCUT2D eigenvalue weighted by Crippen LogP contribution is -2.11. The maximum atomic E-state index is 11.0. The molecule has 4 N–H and O–H groups in total. The van der Waals surface area contributed by atoms with E-state index < -0.39 is 4.92 Å². The molecule has 0 atom stereocenters. The lowest BCUT2D eigenvalue weighted by Gasteiger charge is -2.08. The molecule has 2 aromatic rings. The third-order valence-electron chi connectivity index (χ3n) is 2.33. The maximum absolute atomic E-state index is 11.0. The van der Waals surface area contributed by atoms with Crippen molar-refractivity contribution in [2.75, 3.05) is 10.7 Å². The molecule has 0 spiro atoms. The minimum Gasteiger partial charge on any atom is -0.374 e. The number of aromatic nitrogens is 1. The van der Waals surface area contributed by atoms with Crippen LogP contribution in [0, 0.1) is 10.1 Å². The molecule has 0 saturated heterocycles. The van der Waals surface area contributed by atoms with Crippen molar-refractivity contribution in [1.29, 1.82) is 0 Å². The zero-order chi connectivity index (χ0) is 13.0. The van der Waals surface area contributed by atoms with Gasteiger partial charge in [-0.3, -0.25) is 16.0 Å². The normalized spacial score (nSPS) is 10.1. The second-order valence-corrected chi connectivity index (χ2v) is 3.45. The Labute approximate surface area is 102 Å². The third-order valence-corrected chi connectivity index (χ3v) is 2.33. The number of benzene rings is 1. The van der Waals surface area contributed by atoms with Gasteiger partial charge in [0.05, 0.1) is 11.5 Å². The molecule has 8 heteroatoms. The Balaban J connectivity index is 2.24. The van der Waals surface area contributed by atoms with Crippen molar-refractivity contribution in [2.24, 2.45) is 5.84 Å². The van der Waals surface area contributed by atoms with Gasteiger partial charge in [-0.15, -0.1) is 0 Å². The predicted molar refractivity (Wildman–Crippen MR) is 64.7 cm³/mol. The van der Waals surface area contributed by atoms with E-state index in [1.807, 2.05) is 0 Å². The van der Waals surface area contributed by atoms with Crippen LogP contribution in [0.2, 0.25) is 0 Å². The van der Waals surface area contributed by atoms with Crippen LogP contribution in [0.3, 0.4) is 0 Å². The number of nitrogens with two attached hydrogens (primary N) is 1. The summed E-state index contributed by atoms with van der Waals surface area (Å²) in [5, 5.41) is 17.6. The van der Waals surface area contributed by atoms with E-state index in [9.17, 15) is 10.1 Å². The maximum Gasteiger partial charge on any atom is 0.316 e. The van der Waals surface area contributed by atoms with Crippen molar-refractivity contribution < 1.29 is 9.45 Å². The molecule has 0 aliphatic rings. The van der Waals surface area contributed by atoms with E-state index in [0.717, 1.165) is 0 Å². The van der Waals surface area contributed by atoms with Crippen molar-refractivity contribution in [3.8, 4) is 0 Å². The van der Waals surface area contributed by atoms with Crippen LogP contribution in [0.1, 0.15) is 5.69 Å². The Bertz CT molecular complexity index is 540. The highest BCUT2D eigenvalue weighted by atomic mass is 16.6. The van der Waals surface area contributed by atoms with Crippen LogP contribution in [0.5, 0.6) is 0 Å². The van der Waals surface area contributed by atoms with Gasteiger partial charge in [-0.2, -0.15) is 0 Å². The van der Waals surface area contributed by atoms with E-state index in [2.05, 4.69) is 20.4 Å². The van der Waals surface area contributed by atoms with E-state index >= 15 is 0 Å². The second kappa shape index (κ2) is 5.15. The third kappa shape index (κ3) is 2.38. The number of nitro benzene ring substituents is 1. The zero-order valence-corrected chi connectivity index (χ0v) is 9.29. The average Bonchev–Trinajstić information content (AvgIpc) is 2.88. The van der Waals surface area contributed by atoms with Gasteiger partial charge < -0.3 is 15.3 Å². The minimum atomic E-state index is -0.500. The van der Waals surface area contributed by atoms with Crippen molar-refractivity contribution in [3.63, 3.8) is 0 Å². The molecule has 0 fully saturated rings. The Morgan fingerprint density at radius 3 is 2.78 bits per heavy atom. The van der Waals surface area contributed by atoms with Gasteiger partial charge in [-0.1, -0.05) is 11.2 Å². The molecule has 0 aliphatic carbocycles. The fraction of sp³-hybridized carbons (Fsp3) is 0.100. The van der Waals surface area contributed by atoms with Gasteiger partial charge in [0.15, 0.2) is 0 Å². The summed E-state index contributed by atoms with van der Waals surface area (Å²) < 4.78 is 4.67. The molecule has 0 unspecified atom stereocenters. The number of rotatable bonds is 5. The van der Waals surface area contributed by atoms with Crippen LogP contribution < -0.4 is 16.6 Å². The van der Waals surface area contributed by atoms with Gasteiger partial charge in [0, 0.05) is 6.07 Å². The highest BCUT2D eigenvalue weighted by Crippen LogP contribution is 2.32. The van der Waals surface area contributed by atoms with E-state index in [4.69, 9.17) is 5.84 Å². The summed E-state index contributed by atoms with van der Waals surface area (Å²) in [5.74, 6) is 5.24. The van der Waals surface area contributed by atoms with Gasteiger partial charge in [-0.25, -0.2) is 0 Å². The van der Waals surface area contributed by atoms with Crippen molar-refractivity contribution in [3.05, 3.63) is 46.3 Å². The SMILES string of the molecule is NNc1cccc(NCc2ccon2)c1[N+](=O)[O-]. The van der Waals surface area contributed by atoms with Crippen LogP contribution in [0.25, 0.3) is 0 Å². The van der Waals surface area contributed by atoms with E-state index in [1.54, 1.807) is 18.2 Å². The molecule has 0 saturated carbocycles. The molecule has 1 aromatic carbocycles. The van der Waals surface area contributed by atoms with Gasteiger partial charge in [0.2, 0.25) is 0 Å². The molecule has 0 amide bonds. The van der Waals surface area contributed by atoms with Crippen LogP contribution in [0.15, 0.2) is 35.1 Å². The van der Waals surface area contributed by atoms with Crippen LogP contribution in [-0.4, -0.2) is 10.1 Å². The van der Waals surface area contributed by atoms with Crippen molar-refractivity contribution in [2.45, 2.75) is 6.54 Å². The number of nitrogens with one attached hydrogen (secondary N) is 2. The number of nitro groups is 1. The van der Waals surface area contributed by atoms with Gasteiger partial charge >= 0.3 is 5.69 Å². The first kappa shape index (κ1) is 11.9. The van der Waals surface area contributed by atoms with Gasteiger partial charge in [0.1, 0.15) is 23.3 Å². The number of nitrogen functional groups attached to an aromatic ring is 1. The second-order valence-electron chi connectivity index (χ2n) is 3.45. The fourth-order valence-electron chi connectivity index (χ4n) is 1.51. The monoisotopic (exact) mass is 249 g/mol. The van der Waals surface area contributed by atoms with Crippen LogP contribution in [0.4, 0.5) is 17.1 Å². The first-order chi connectivity index (χ1) is 8.72. The smallest absolute Gasteiger partial charge is 0.316 e. The highest BCUT2D eigenvalue weighted by Gasteiger charge is 2.18. The Morgan fingerprint density at radius 1 is 1.39 bits per heavy atom.